The molecule has 0 bridgehead atoms. The van der Waals surface area contributed by atoms with Gasteiger partial charge in [0.1, 0.15) is 0 Å². The van der Waals surface area contributed by atoms with Crippen LogP contribution in [0.4, 0.5) is 0 Å². The van der Waals surface area contributed by atoms with Crippen LogP contribution in [0.5, 0.6) is 0 Å². The first kappa shape index (κ1) is 12.9. The van der Waals surface area contributed by atoms with Crippen molar-refractivity contribution in [2.45, 2.75) is 39.5 Å². The number of allylic oxidation sites excluding steroid dienone is 3. The van der Waals surface area contributed by atoms with Gasteiger partial charge in [-0.2, -0.15) is 0 Å². The van der Waals surface area contributed by atoms with Crippen molar-refractivity contribution in [2.75, 3.05) is 0 Å². The minimum Gasteiger partial charge on any atom is -0.411 e. The minimum absolute atomic E-state index is 0.595. The molecule has 1 unspecified atom stereocenters. The summed E-state index contributed by atoms with van der Waals surface area (Å²) in [5.74, 6) is 0.595. The van der Waals surface area contributed by atoms with E-state index < -0.39 is 0 Å². The molecule has 0 aliphatic heterocycles. The number of oxime groups is 1. The Bertz CT molecular complexity index is 206. The van der Waals surface area contributed by atoms with Crippen LogP contribution >= 0.6 is 0 Å². The lowest BCUT2D eigenvalue weighted by Gasteiger charge is -2.02. The van der Waals surface area contributed by atoms with Crippen LogP contribution in [0.1, 0.15) is 39.5 Å². The summed E-state index contributed by atoms with van der Waals surface area (Å²) in [6.07, 6.45) is 9.84. The van der Waals surface area contributed by atoms with Crippen molar-refractivity contribution in [3.63, 3.8) is 0 Å². The first-order chi connectivity index (χ1) is 6.70. The third kappa shape index (κ3) is 7.59. The predicted octanol–water partition coefficient (Wildman–Crippen LogP) is 3.78. The van der Waals surface area contributed by atoms with Crippen LogP contribution in [0.2, 0.25) is 0 Å². The van der Waals surface area contributed by atoms with E-state index in [0.717, 1.165) is 25.7 Å². The van der Waals surface area contributed by atoms with Gasteiger partial charge in [-0.1, -0.05) is 24.6 Å². The smallest absolute Gasteiger partial charge is 0.0439 e. The van der Waals surface area contributed by atoms with Gasteiger partial charge in [0.15, 0.2) is 0 Å². The van der Waals surface area contributed by atoms with E-state index in [2.05, 4.69) is 31.7 Å². The Morgan fingerprint density at radius 1 is 1.50 bits per heavy atom. The van der Waals surface area contributed by atoms with Crippen molar-refractivity contribution >= 4 is 6.21 Å². The lowest BCUT2D eigenvalue weighted by molar-refractivity contribution is 0.320. The Labute approximate surface area is 87.0 Å². The number of hydrogen-bond acceptors (Lipinski definition) is 2. The summed E-state index contributed by atoms with van der Waals surface area (Å²) in [7, 11) is 0. The molecule has 0 aliphatic rings. The molecule has 2 nitrogen and oxygen atoms in total. The Hall–Kier alpha value is -1.05. The van der Waals surface area contributed by atoms with Crippen LogP contribution < -0.4 is 0 Å². The maximum Gasteiger partial charge on any atom is 0.0439 e. The predicted molar refractivity (Wildman–Crippen MR) is 61.9 cm³/mol. The van der Waals surface area contributed by atoms with Crippen molar-refractivity contribution in [3.05, 3.63) is 24.3 Å². The summed E-state index contributed by atoms with van der Waals surface area (Å²) >= 11 is 0. The Morgan fingerprint density at radius 3 is 2.79 bits per heavy atom. The van der Waals surface area contributed by atoms with Crippen LogP contribution in [-0.4, -0.2) is 11.4 Å². The zero-order valence-corrected chi connectivity index (χ0v) is 9.24. The van der Waals surface area contributed by atoms with Gasteiger partial charge in [-0.05, 0) is 38.5 Å². The molecule has 1 N–H and O–H groups in total. The van der Waals surface area contributed by atoms with Crippen LogP contribution in [0.25, 0.3) is 0 Å². The number of hydrogen-bond donors (Lipinski definition) is 1. The summed E-state index contributed by atoms with van der Waals surface area (Å²) in [6, 6.07) is 0. The fourth-order valence-electron chi connectivity index (χ4n) is 1.16. The molecular weight excluding hydrogens is 174 g/mol. The van der Waals surface area contributed by atoms with Crippen molar-refractivity contribution in [2.24, 2.45) is 11.1 Å². The Kier molecular flexibility index (Phi) is 7.90. The van der Waals surface area contributed by atoms with E-state index in [1.807, 2.05) is 6.08 Å². The Balaban J connectivity index is 3.60. The molecule has 80 valence electrons. The average molecular weight is 195 g/mol. The molecule has 14 heavy (non-hydrogen) atoms. The SMILES string of the molecule is C=CC(C)CC/C=C(\C)CC/C=N\O. The van der Waals surface area contributed by atoms with Crippen molar-refractivity contribution in [1.82, 2.24) is 0 Å². The molecular formula is C12H21NO. The molecule has 0 heterocycles. The summed E-state index contributed by atoms with van der Waals surface area (Å²) in [5.41, 5.74) is 1.36. The molecule has 0 fully saturated rings. The van der Waals surface area contributed by atoms with E-state index in [9.17, 15) is 0 Å². The van der Waals surface area contributed by atoms with Crippen molar-refractivity contribution in [3.8, 4) is 0 Å². The van der Waals surface area contributed by atoms with Gasteiger partial charge in [-0.15, -0.1) is 11.7 Å². The van der Waals surface area contributed by atoms with E-state index in [4.69, 9.17) is 5.21 Å². The average Bonchev–Trinajstić information content (AvgIpc) is 2.18. The third-order valence-electron chi connectivity index (χ3n) is 2.27. The molecule has 0 saturated carbocycles. The molecule has 0 amide bonds. The molecule has 2 heteroatoms. The maximum absolute atomic E-state index is 8.20. The molecule has 0 spiro atoms. The first-order valence-electron chi connectivity index (χ1n) is 5.14. The lowest BCUT2D eigenvalue weighted by atomic mass is 10.0. The van der Waals surface area contributed by atoms with Gasteiger partial charge in [0, 0.05) is 6.21 Å². The minimum atomic E-state index is 0.595. The molecule has 1 atom stereocenters. The number of rotatable bonds is 7. The van der Waals surface area contributed by atoms with Gasteiger partial charge in [0.25, 0.3) is 0 Å². The van der Waals surface area contributed by atoms with Gasteiger partial charge < -0.3 is 5.21 Å². The molecule has 0 aliphatic carbocycles. The van der Waals surface area contributed by atoms with E-state index in [0.29, 0.717) is 5.92 Å². The van der Waals surface area contributed by atoms with Crippen LogP contribution in [0.3, 0.4) is 0 Å². The molecule has 0 aromatic rings. The zero-order valence-electron chi connectivity index (χ0n) is 9.24. The van der Waals surface area contributed by atoms with Gasteiger partial charge in [0.2, 0.25) is 0 Å². The van der Waals surface area contributed by atoms with Crippen LogP contribution in [-0.2, 0) is 0 Å². The van der Waals surface area contributed by atoms with Gasteiger partial charge in [-0.25, -0.2) is 0 Å². The summed E-state index contributed by atoms with van der Waals surface area (Å²) in [4.78, 5) is 0. The highest BCUT2D eigenvalue weighted by molar-refractivity contribution is 5.56. The molecule has 0 rings (SSSR count). The monoisotopic (exact) mass is 195 g/mol. The lowest BCUT2D eigenvalue weighted by Crippen LogP contribution is -1.87. The maximum atomic E-state index is 8.20. The quantitative estimate of drug-likeness (QED) is 0.285. The van der Waals surface area contributed by atoms with E-state index in [1.54, 1.807) is 0 Å². The summed E-state index contributed by atoms with van der Waals surface area (Å²) < 4.78 is 0. The van der Waals surface area contributed by atoms with Crippen LogP contribution in [0, 0.1) is 5.92 Å². The highest BCUT2D eigenvalue weighted by Crippen LogP contribution is 2.10. The largest absolute Gasteiger partial charge is 0.411 e. The van der Waals surface area contributed by atoms with Gasteiger partial charge in [0.05, 0.1) is 0 Å². The second kappa shape index (κ2) is 8.54. The van der Waals surface area contributed by atoms with Gasteiger partial charge in [-0.3, -0.25) is 0 Å². The van der Waals surface area contributed by atoms with Gasteiger partial charge >= 0.3 is 0 Å². The Morgan fingerprint density at radius 2 is 2.21 bits per heavy atom. The normalized spacial score (nSPS) is 14.6. The molecule has 0 aromatic carbocycles. The second-order valence-electron chi connectivity index (χ2n) is 3.68. The number of nitrogens with zero attached hydrogens (tertiary/aromatic N) is 1. The van der Waals surface area contributed by atoms with Crippen LogP contribution in [0.15, 0.2) is 29.5 Å². The van der Waals surface area contributed by atoms with E-state index in [-0.39, 0.29) is 0 Å². The zero-order chi connectivity index (χ0) is 10.8. The fraction of sp³-hybridized carbons (Fsp3) is 0.583. The van der Waals surface area contributed by atoms with E-state index in [1.165, 1.54) is 11.8 Å². The molecule has 0 radical (unpaired) electrons. The van der Waals surface area contributed by atoms with E-state index >= 15 is 0 Å². The molecule has 0 saturated heterocycles. The first-order valence-corrected chi connectivity index (χ1v) is 5.14. The summed E-state index contributed by atoms with van der Waals surface area (Å²) in [5, 5.41) is 11.2. The fourth-order valence-corrected chi connectivity index (χ4v) is 1.16. The third-order valence-corrected chi connectivity index (χ3v) is 2.27. The van der Waals surface area contributed by atoms with Crippen molar-refractivity contribution < 1.29 is 5.21 Å². The second-order valence-corrected chi connectivity index (χ2v) is 3.68. The molecule has 0 aromatic heterocycles. The topological polar surface area (TPSA) is 32.6 Å². The van der Waals surface area contributed by atoms with Crippen molar-refractivity contribution in [1.29, 1.82) is 0 Å². The highest BCUT2D eigenvalue weighted by Gasteiger charge is 1.94. The highest BCUT2D eigenvalue weighted by atomic mass is 16.4. The summed E-state index contributed by atoms with van der Waals surface area (Å²) in [6.45, 7) is 8.04. The standard InChI is InChI=1S/C12H21NO/c1-4-11(2)7-5-8-12(3)9-6-10-13-14/h4,8,10-11,14H,1,5-7,9H2,2-3H3/b12-8+,13-10-.